The Kier molecular flexibility index (Phi) is 16.0. The summed E-state index contributed by atoms with van der Waals surface area (Å²) >= 11 is 0. The van der Waals surface area contributed by atoms with E-state index in [0.29, 0.717) is 64.4 Å². The van der Waals surface area contributed by atoms with Crippen LogP contribution >= 0.6 is 0 Å². The fourth-order valence-electron chi connectivity index (χ4n) is 6.96. The standard InChI is InChI=1S/C44H57FN4O3/c1-7-34(28-38(45)8-2)30-52-44-47-41-20-18-35(27-37-15-10-14-36-13-9-12-33(5)42(36)37)17-19-40(41)43(48-44)49(29-32(4)21-23-46)24-22-31(3)26-39(50)16-11-25-51-6/h9-16,18,32,34,38H,3,7-8,17,19-22,24-30H2,1-2,4-6H3/b16-11+/t32-,34+,38-/m0/s1. The molecule has 7 nitrogen and oxygen atoms in total. The van der Waals surface area contributed by atoms with Gasteiger partial charge in [-0.15, -0.1) is 0 Å². The van der Waals surface area contributed by atoms with Crippen molar-refractivity contribution in [2.75, 3.05) is 38.3 Å². The third-order valence-electron chi connectivity index (χ3n) is 10.0. The lowest BCUT2D eigenvalue weighted by atomic mass is 9.93. The number of aromatic nitrogens is 2. The van der Waals surface area contributed by atoms with Crippen LogP contribution in [0.1, 0.15) is 88.1 Å². The molecule has 1 heterocycles. The molecule has 0 amide bonds. The van der Waals surface area contributed by atoms with Gasteiger partial charge in [-0.1, -0.05) is 87.0 Å². The number of anilines is 1. The van der Waals surface area contributed by atoms with Crippen molar-refractivity contribution < 1.29 is 18.7 Å². The number of benzene rings is 2. The van der Waals surface area contributed by atoms with E-state index in [2.05, 4.69) is 80.8 Å². The molecular formula is C44H57FN4O3. The minimum atomic E-state index is -0.862. The van der Waals surface area contributed by atoms with Crippen LogP contribution in [-0.4, -0.2) is 55.3 Å². The molecule has 0 spiro atoms. The van der Waals surface area contributed by atoms with Crippen LogP contribution < -0.4 is 9.64 Å². The quantitative estimate of drug-likeness (QED) is 0.0805. The van der Waals surface area contributed by atoms with E-state index >= 15 is 0 Å². The van der Waals surface area contributed by atoms with Gasteiger partial charge in [0.15, 0.2) is 5.78 Å². The van der Waals surface area contributed by atoms with Crippen LogP contribution in [0.15, 0.2) is 72.4 Å². The van der Waals surface area contributed by atoms with E-state index in [0.717, 1.165) is 48.3 Å². The summed E-state index contributed by atoms with van der Waals surface area (Å²) < 4.78 is 25.7. The molecule has 0 radical (unpaired) electrons. The monoisotopic (exact) mass is 708 g/mol. The zero-order chi connectivity index (χ0) is 37.5. The van der Waals surface area contributed by atoms with Gasteiger partial charge < -0.3 is 14.4 Å². The average Bonchev–Trinajstić information content (AvgIpc) is 3.33. The molecule has 8 heteroatoms. The summed E-state index contributed by atoms with van der Waals surface area (Å²) in [5.74, 6) is 0.939. The molecule has 0 fully saturated rings. The lowest BCUT2D eigenvalue weighted by Crippen LogP contribution is -2.32. The molecule has 0 saturated heterocycles. The number of rotatable bonds is 21. The highest BCUT2D eigenvalue weighted by atomic mass is 19.1. The first-order chi connectivity index (χ1) is 25.1. The number of carbonyl (C=O) groups is 1. The molecule has 0 N–H and O–H groups in total. The van der Waals surface area contributed by atoms with Crippen molar-refractivity contribution in [2.24, 2.45) is 11.8 Å². The first kappa shape index (κ1) is 40.4. The van der Waals surface area contributed by atoms with Crippen molar-refractivity contribution in [2.45, 2.75) is 98.1 Å². The normalized spacial score (nSPS) is 14.6. The molecule has 3 aromatic rings. The fraction of sp³-hybridized carbons (Fsp3) is 0.500. The van der Waals surface area contributed by atoms with Gasteiger partial charge in [-0.2, -0.15) is 15.2 Å². The first-order valence-corrected chi connectivity index (χ1v) is 18.9. The summed E-state index contributed by atoms with van der Waals surface area (Å²) in [4.78, 5) is 24.8. The highest BCUT2D eigenvalue weighted by molar-refractivity contribution is 5.91. The number of carbonyl (C=O) groups excluding carboxylic acids is 1. The maximum atomic E-state index is 14.4. The molecule has 0 bridgehead atoms. The number of alkyl halides is 1. The number of fused-ring (bicyclic) bond motifs is 2. The maximum absolute atomic E-state index is 14.4. The van der Waals surface area contributed by atoms with Crippen LogP contribution in [0.2, 0.25) is 0 Å². The molecular weight excluding hydrogens is 652 g/mol. The van der Waals surface area contributed by atoms with E-state index in [9.17, 15) is 14.4 Å². The second kappa shape index (κ2) is 20.6. The predicted octanol–water partition coefficient (Wildman–Crippen LogP) is 9.60. The van der Waals surface area contributed by atoms with Gasteiger partial charge in [0.25, 0.3) is 0 Å². The van der Waals surface area contributed by atoms with Crippen molar-refractivity contribution in [1.82, 2.24) is 9.97 Å². The summed E-state index contributed by atoms with van der Waals surface area (Å²) in [6.07, 6.45) is 10.9. The van der Waals surface area contributed by atoms with Crippen LogP contribution in [0.4, 0.5) is 10.2 Å². The Bertz CT molecular complexity index is 1750. The summed E-state index contributed by atoms with van der Waals surface area (Å²) in [6.45, 7) is 14.3. The molecule has 0 unspecified atom stereocenters. The fourth-order valence-corrected chi connectivity index (χ4v) is 6.96. The van der Waals surface area contributed by atoms with Gasteiger partial charge in [0.1, 0.15) is 12.0 Å². The Morgan fingerprint density at radius 3 is 2.67 bits per heavy atom. The van der Waals surface area contributed by atoms with E-state index in [1.165, 1.54) is 27.5 Å². The van der Waals surface area contributed by atoms with Gasteiger partial charge >= 0.3 is 6.01 Å². The Hall–Kier alpha value is -4.35. The number of aryl methyl sites for hydroxylation is 1. The van der Waals surface area contributed by atoms with Crippen LogP contribution in [-0.2, 0) is 28.8 Å². The van der Waals surface area contributed by atoms with E-state index < -0.39 is 6.17 Å². The summed E-state index contributed by atoms with van der Waals surface area (Å²) in [7, 11) is 1.59. The van der Waals surface area contributed by atoms with Gasteiger partial charge in [0, 0.05) is 45.0 Å². The highest BCUT2D eigenvalue weighted by Crippen LogP contribution is 2.33. The van der Waals surface area contributed by atoms with Crippen LogP contribution in [0.3, 0.4) is 0 Å². The zero-order valence-electron chi connectivity index (χ0n) is 31.9. The number of methoxy groups -OCH3 is 1. The van der Waals surface area contributed by atoms with E-state index in [4.69, 9.17) is 19.4 Å². The van der Waals surface area contributed by atoms with E-state index in [1.54, 1.807) is 19.3 Å². The minimum absolute atomic E-state index is 0.0119. The van der Waals surface area contributed by atoms with Gasteiger partial charge in [-0.25, -0.2) is 4.39 Å². The van der Waals surface area contributed by atoms with E-state index in [-0.39, 0.29) is 24.0 Å². The molecule has 2 aromatic carbocycles. The van der Waals surface area contributed by atoms with Crippen molar-refractivity contribution in [3.8, 4) is 12.1 Å². The SMILES string of the molecule is C=C(CCN(C[C@@H](C)CC#N)c1nc(OC[C@H](CC)C[C@@H](F)CC)nc2c1CCC(Cc1cccc3cccc(C)c13)=CC2)CC(=O)/C=C/COC. The van der Waals surface area contributed by atoms with Crippen molar-refractivity contribution in [3.63, 3.8) is 0 Å². The molecule has 52 heavy (non-hydrogen) atoms. The van der Waals surface area contributed by atoms with Crippen LogP contribution in [0.5, 0.6) is 6.01 Å². The number of allylic oxidation sites excluding steroid dienone is 3. The molecule has 4 rings (SSSR count). The molecule has 0 aliphatic heterocycles. The smallest absolute Gasteiger partial charge is 0.318 e. The second-order valence-corrected chi connectivity index (χ2v) is 14.3. The molecule has 3 atom stereocenters. The summed E-state index contributed by atoms with van der Waals surface area (Å²) in [5.41, 5.74) is 6.81. The average molecular weight is 709 g/mol. The van der Waals surface area contributed by atoms with Gasteiger partial charge in [-0.05, 0) is 91.7 Å². The third-order valence-corrected chi connectivity index (χ3v) is 10.0. The molecule has 1 aliphatic rings. The highest BCUT2D eigenvalue weighted by Gasteiger charge is 2.25. The number of halogens is 1. The molecule has 1 aliphatic carbocycles. The lowest BCUT2D eigenvalue weighted by molar-refractivity contribution is -0.114. The van der Waals surface area contributed by atoms with Gasteiger partial charge in [0.05, 0.1) is 25.0 Å². The lowest BCUT2D eigenvalue weighted by Gasteiger charge is -2.29. The third kappa shape index (κ3) is 11.8. The molecule has 0 saturated carbocycles. The topological polar surface area (TPSA) is 88.3 Å². The number of ketones is 1. The maximum Gasteiger partial charge on any atom is 0.318 e. The second-order valence-electron chi connectivity index (χ2n) is 14.3. The number of hydrogen-bond acceptors (Lipinski definition) is 7. The molecule has 278 valence electrons. The van der Waals surface area contributed by atoms with Crippen LogP contribution in [0.25, 0.3) is 10.8 Å². The molecule has 1 aromatic heterocycles. The van der Waals surface area contributed by atoms with Crippen molar-refractivity contribution in [3.05, 3.63) is 94.7 Å². The van der Waals surface area contributed by atoms with Gasteiger partial charge in [0.2, 0.25) is 0 Å². The van der Waals surface area contributed by atoms with E-state index in [1.807, 2.05) is 6.92 Å². The number of hydrogen-bond donors (Lipinski definition) is 0. The van der Waals surface area contributed by atoms with Crippen molar-refractivity contribution >= 4 is 22.4 Å². The predicted molar refractivity (Wildman–Crippen MR) is 210 cm³/mol. The van der Waals surface area contributed by atoms with Gasteiger partial charge in [-0.3, -0.25) is 4.79 Å². The Morgan fingerprint density at radius 1 is 1.15 bits per heavy atom. The first-order valence-electron chi connectivity index (χ1n) is 18.9. The minimum Gasteiger partial charge on any atom is -0.463 e. The number of nitriles is 1. The van der Waals surface area contributed by atoms with Crippen LogP contribution in [0, 0.1) is 30.1 Å². The summed E-state index contributed by atoms with van der Waals surface area (Å²) in [5, 5.41) is 12.1. The largest absolute Gasteiger partial charge is 0.463 e. The Morgan fingerprint density at radius 2 is 1.94 bits per heavy atom. The zero-order valence-corrected chi connectivity index (χ0v) is 31.9. The van der Waals surface area contributed by atoms with Crippen molar-refractivity contribution in [1.29, 1.82) is 5.26 Å². The Balaban J connectivity index is 1.66. The summed E-state index contributed by atoms with van der Waals surface area (Å²) in [6, 6.07) is 15.6. The number of nitrogens with zero attached hydrogens (tertiary/aromatic N) is 4. The number of ether oxygens (including phenoxy) is 2. The Labute approximate surface area is 310 Å².